The van der Waals surface area contributed by atoms with Crippen molar-refractivity contribution in [3.8, 4) is 11.4 Å². The topological polar surface area (TPSA) is 115 Å². The summed E-state index contributed by atoms with van der Waals surface area (Å²) in [5, 5.41) is 12.5. The molecule has 0 fully saturated rings. The largest absolute Gasteiger partial charge is 0.508 e. The van der Waals surface area contributed by atoms with Crippen molar-refractivity contribution in [2.75, 3.05) is 7.11 Å². The van der Waals surface area contributed by atoms with E-state index in [2.05, 4.69) is 5.32 Å². The van der Waals surface area contributed by atoms with E-state index >= 15 is 0 Å². The molecule has 1 heterocycles. The van der Waals surface area contributed by atoms with Gasteiger partial charge in [0.05, 0.1) is 7.11 Å². The Balaban J connectivity index is 1.75. The van der Waals surface area contributed by atoms with Crippen LogP contribution in [0.3, 0.4) is 0 Å². The summed E-state index contributed by atoms with van der Waals surface area (Å²) in [4.78, 5) is 51.9. The molecule has 0 saturated heterocycles. The van der Waals surface area contributed by atoms with Gasteiger partial charge in [0.25, 0.3) is 11.5 Å². The first-order valence-electron chi connectivity index (χ1n) is 11.0. The van der Waals surface area contributed by atoms with Gasteiger partial charge in [0.15, 0.2) is 5.78 Å². The lowest BCUT2D eigenvalue weighted by Gasteiger charge is -2.22. The average Bonchev–Trinajstić information content (AvgIpc) is 2.85. The number of aromatic nitrogens is 1. The van der Waals surface area contributed by atoms with Crippen LogP contribution >= 0.6 is 11.6 Å². The number of fused-ring (bicyclic) bond motifs is 1. The Bertz CT molecular complexity index is 1350. The number of Topliss-reactive ketones (excluding diaryl/α,β-unsaturated/α-hetero) is 1. The second-order valence-corrected chi connectivity index (χ2v) is 8.67. The van der Waals surface area contributed by atoms with Crippen LogP contribution in [0.15, 0.2) is 59.4 Å². The summed E-state index contributed by atoms with van der Waals surface area (Å²) in [7, 11) is 1.20. The highest BCUT2D eigenvalue weighted by molar-refractivity contribution is 6.30. The molecule has 0 radical (unpaired) electrons. The van der Waals surface area contributed by atoms with Crippen molar-refractivity contribution in [2.24, 2.45) is 0 Å². The minimum absolute atomic E-state index is 0.0638. The molecule has 2 N–H and O–H groups in total. The van der Waals surface area contributed by atoms with Crippen molar-refractivity contribution in [1.82, 2.24) is 9.88 Å². The van der Waals surface area contributed by atoms with E-state index < -0.39 is 23.5 Å². The van der Waals surface area contributed by atoms with Gasteiger partial charge in [-0.15, -0.1) is 0 Å². The fourth-order valence-corrected chi connectivity index (χ4v) is 4.28. The first kappa shape index (κ1) is 24.2. The molecule has 1 aliphatic carbocycles. The predicted octanol–water partition coefficient (Wildman–Crippen LogP) is 3.23. The van der Waals surface area contributed by atoms with Gasteiger partial charge < -0.3 is 15.2 Å². The zero-order valence-electron chi connectivity index (χ0n) is 18.9. The van der Waals surface area contributed by atoms with Gasteiger partial charge in [0, 0.05) is 34.8 Å². The van der Waals surface area contributed by atoms with Gasteiger partial charge >= 0.3 is 5.97 Å². The molecule has 1 aliphatic rings. The van der Waals surface area contributed by atoms with Crippen LogP contribution in [-0.4, -0.2) is 40.5 Å². The molecule has 2 aromatic carbocycles. The molecule has 9 heteroatoms. The van der Waals surface area contributed by atoms with Gasteiger partial charge in [-0.1, -0.05) is 23.7 Å². The lowest BCUT2D eigenvalue weighted by Crippen LogP contribution is -2.45. The molecule has 1 aromatic heterocycles. The van der Waals surface area contributed by atoms with Gasteiger partial charge in [-0.05, 0) is 60.9 Å². The number of amides is 1. The van der Waals surface area contributed by atoms with Crippen molar-refractivity contribution >= 4 is 29.3 Å². The maximum Gasteiger partial charge on any atom is 0.328 e. The molecule has 1 amide bonds. The van der Waals surface area contributed by atoms with E-state index in [1.54, 1.807) is 36.4 Å². The molecule has 35 heavy (non-hydrogen) atoms. The molecule has 4 rings (SSSR count). The number of carbonyl (C=O) groups excluding carboxylic acids is 3. The summed E-state index contributed by atoms with van der Waals surface area (Å²) in [6, 6.07) is 12.9. The lowest BCUT2D eigenvalue weighted by molar-refractivity contribution is -0.142. The average molecular weight is 495 g/mol. The number of nitrogens with zero attached hydrogens (tertiary/aromatic N) is 1. The van der Waals surface area contributed by atoms with Crippen LogP contribution in [0.1, 0.15) is 44.8 Å². The van der Waals surface area contributed by atoms with Crippen molar-refractivity contribution in [1.29, 1.82) is 0 Å². The van der Waals surface area contributed by atoms with Crippen LogP contribution < -0.4 is 10.9 Å². The molecular weight excluding hydrogens is 472 g/mol. The molecule has 1 atom stereocenters. The molecule has 0 saturated carbocycles. The van der Waals surface area contributed by atoms with E-state index in [1.165, 1.54) is 29.9 Å². The van der Waals surface area contributed by atoms with E-state index in [0.29, 0.717) is 46.8 Å². The van der Waals surface area contributed by atoms with Gasteiger partial charge in [-0.2, -0.15) is 0 Å². The Hall–Kier alpha value is -3.91. The molecule has 0 aliphatic heterocycles. The monoisotopic (exact) mass is 494 g/mol. The van der Waals surface area contributed by atoms with Crippen LogP contribution in [0.25, 0.3) is 5.69 Å². The first-order valence-corrected chi connectivity index (χ1v) is 11.4. The molecule has 180 valence electrons. The number of nitrogens with one attached hydrogen (secondary N) is 1. The molecule has 0 unspecified atom stereocenters. The summed E-state index contributed by atoms with van der Waals surface area (Å²) in [6.07, 6.45) is 1.50. The Morgan fingerprint density at radius 1 is 1.09 bits per heavy atom. The third-order valence-electron chi connectivity index (χ3n) is 5.92. The summed E-state index contributed by atoms with van der Waals surface area (Å²) in [6.45, 7) is 0. The van der Waals surface area contributed by atoms with Crippen LogP contribution in [-0.2, 0) is 22.4 Å². The number of aromatic hydroxyl groups is 1. The number of benzene rings is 2. The Labute approximate surface area is 206 Å². The number of phenols is 1. The minimum atomic E-state index is -1.09. The number of rotatable bonds is 6. The minimum Gasteiger partial charge on any atom is -0.508 e. The number of halogens is 1. The second-order valence-electron chi connectivity index (χ2n) is 8.23. The maximum absolute atomic E-state index is 13.5. The quantitative estimate of drug-likeness (QED) is 0.508. The maximum atomic E-state index is 13.5. The fourth-order valence-electron chi connectivity index (χ4n) is 4.16. The number of ketones is 1. The van der Waals surface area contributed by atoms with E-state index in [0.717, 1.165) is 0 Å². The van der Waals surface area contributed by atoms with Crippen LogP contribution in [0.2, 0.25) is 5.02 Å². The highest BCUT2D eigenvalue weighted by atomic mass is 35.5. The summed E-state index contributed by atoms with van der Waals surface area (Å²) in [5.74, 6) is -1.59. The number of carbonyl (C=O) groups is 3. The summed E-state index contributed by atoms with van der Waals surface area (Å²) >= 11 is 6.00. The van der Waals surface area contributed by atoms with E-state index in [1.807, 2.05) is 0 Å². The third kappa shape index (κ3) is 5.12. The van der Waals surface area contributed by atoms with Crippen LogP contribution in [0, 0.1) is 0 Å². The molecule has 0 bridgehead atoms. The van der Waals surface area contributed by atoms with Crippen molar-refractivity contribution in [3.05, 3.63) is 92.4 Å². The first-order chi connectivity index (χ1) is 16.8. The SMILES string of the molecule is COC(=O)[C@H](Cc1ccc(O)cc1)NC(=O)c1cc2c(n(-c3ccc(Cl)cc3)c1=O)CCCC2=O. The number of pyridine rings is 1. The Kier molecular flexibility index (Phi) is 7.02. The van der Waals surface area contributed by atoms with Gasteiger partial charge in [0.2, 0.25) is 0 Å². The Morgan fingerprint density at radius 3 is 2.43 bits per heavy atom. The van der Waals surface area contributed by atoms with Gasteiger partial charge in [0.1, 0.15) is 17.4 Å². The molecule has 0 spiro atoms. The number of hydrogen-bond donors (Lipinski definition) is 2. The summed E-state index contributed by atoms with van der Waals surface area (Å²) in [5.41, 5.74) is 1.13. The van der Waals surface area contributed by atoms with Crippen molar-refractivity contribution in [3.63, 3.8) is 0 Å². The Morgan fingerprint density at radius 2 is 1.77 bits per heavy atom. The highest BCUT2D eigenvalue weighted by Crippen LogP contribution is 2.24. The number of hydrogen-bond acceptors (Lipinski definition) is 6. The van der Waals surface area contributed by atoms with Crippen LogP contribution in [0.4, 0.5) is 0 Å². The predicted molar refractivity (Wildman–Crippen MR) is 129 cm³/mol. The van der Waals surface area contributed by atoms with E-state index in [9.17, 15) is 24.3 Å². The van der Waals surface area contributed by atoms with Crippen molar-refractivity contribution < 1.29 is 24.2 Å². The molecule has 8 nitrogen and oxygen atoms in total. The van der Waals surface area contributed by atoms with Gasteiger partial charge in [-0.25, -0.2) is 4.79 Å². The normalized spacial score (nSPS) is 13.6. The number of esters is 1. The fraction of sp³-hybridized carbons (Fsp3) is 0.231. The van der Waals surface area contributed by atoms with Crippen molar-refractivity contribution in [2.45, 2.75) is 31.7 Å². The van der Waals surface area contributed by atoms with Crippen LogP contribution in [0.5, 0.6) is 5.75 Å². The number of phenolic OH excluding ortho intramolecular Hbond substituents is 1. The zero-order valence-corrected chi connectivity index (χ0v) is 19.7. The zero-order chi connectivity index (χ0) is 25.1. The third-order valence-corrected chi connectivity index (χ3v) is 6.17. The summed E-state index contributed by atoms with van der Waals surface area (Å²) < 4.78 is 6.20. The number of methoxy groups -OCH3 is 1. The molecular formula is C26H23ClN2O6. The highest BCUT2D eigenvalue weighted by Gasteiger charge is 2.29. The molecule has 3 aromatic rings. The number of ether oxygens (including phenoxy) is 1. The standard InChI is InChI=1S/C26H23ClN2O6/c1-35-26(34)21(13-15-5-11-18(30)12-6-15)28-24(32)20-14-19-22(3-2-4-23(19)31)29(25(20)33)17-9-7-16(27)8-10-17/h5-12,14,21,30H,2-4,13H2,1H3,(H,28,32)/t21-/m0/s1. The van der Waals surface area contributed by atoms with E-state index in [4.69, 9.17) is 16.3 Å². The smallest absolute Gasteiger partial charge is 0.328 e. The second kappa shape index (κ2) is 10.1. The van der Waals surface area contributed by atoms with E-state index in [-0.39, 0.29) is 23.5 Å². The van der Waals surface area contributed by atoms with Gasteiger partial charge in [-0.3, -0.25) is 19.0 Å². The lowest BCUT2D eigenvalue weighted by atomic mass is 9.92.